The quantitative estimate of drug-likeness (QED) is 0.628. The molecule has 28 heavy (non-hydrogen) atoms. The van der Waals surface area contributed by atoms with Gasteiger partial charge in [0.05, 0.1) is 22.9 Å². The number of sulfonamides is 1. The molecule has 146 valence electrons. The first-order chi connectivity index (χ1) is 13.3. The average molecular weight is 422 g/mol. The number of carbonyl (C=O) groups is 2. The van der Waals surface area contributed by atoms with Gasteiger partial charge in [-0.2, -0.15) is 5.26 Å². The smallest absolute Gasteiger partial charge is 0.307 e. The van der Waals surface area contributed by atoms with Crippen LogP contribution in [0.4, 0.5) is 5.69 Å². The lowest BCUT2D eigenvalue weighted by Gasteiger charge is -2.08. The maximum Gasteiger partial charge on any atom is 0.307 e. The minimum absolute atomic E-state index is 0.0204. The van der Waals surface area contributed by atoms with Crippen LogP contribution in [0, 0.1) is 11.3 Å². The monoisotopic (exact) mass is 421 g/mol. The highest BCUT2D eigenvalue weighted by Crippen LogP contribution is 2.13. The van der Waals surface area contributed by atoms with E-state index in [4.69, 9.17) is 21.6 Å². The number of nitrogens with zero attached hydrogens (tertiary/aromatic N) is 1. The molecule has 2 aromatic carbocycles. The fraction of sp³-hybridized carbons (Fsp3) is 0.167. The van der Waals surface area contributed by atoms with Crippen molar-refractivity contribution < 1.29 is 22.7 Å². The Morgan fingerprint density at radius 2 is 1.71 bits per heavy atom. The molecule has 0 aliphatic rings. The molecule has 0 spiro atoms. The molecule has 0 aromatic heterocycles. The van der Waals surface area contributed by atoms with Crippen molar-refractivity contribution in [1.82, 2.24) is 4.72 Å². The highest BCUT2D eigenvalue weighted by Gasteiger charge is 2.15. The van der Waals surface area contributed by atoms with Crippen LogP contribution in [-0.4, -0.2) is 33.4 Å². The van der Waals surface area contributed by atoms with Gasteiger partial charge in [0.15, 0.2) is 6.61 Å². The summed E-state index contributed by atoms with van der Waals surface area (Å²) in [4.78, 5) is 23.4. The molecule has 0 fully saturated rings. The number of anilines is 1. The molecule has 2 aromatic rings. The van der Waals surface area contributed by atoms with Crippen molar-refractivity contribution in [2.24, 2.45) is 0 Å². The molecule has 0 saturated carbocycles. The van der Waals surface area contributed by atoms with Crippen LogP contribution >= 0.6 is 11.6 Å². The van der Waals surface area contributed by atoms with Gasteiger partial charge in [-0.15, -0.1) is 0 Å². The second-order valence-corrected chi connectivity index (χ2v) is 7.70. The summed E-state index contributed by atoms with van der Waals surface area (Å²) in [5, 5.41) is 11.6. The van der Waals surface area contributed by atoms with Crippen molar-refractivity contribution in [2.75, 3.05) is 18.5 Å². The first-order valence-electron chi connectivity index (χ1n) is 8.01. The summed E-state index contributed by atoms with van der Waals surface area (Å²) in [6, 6.07) is 13.7. The van der Waals surface area contributed by atoms with Gasteiger partial charge in [0, 0.05) is 17.3 Å². The molecule has 0 heterocycles. The van der Waals surface area contributed by atoms with E-state index in [0.29, 0.717) is 16.3 Å². The van der Waals surface area contributed by atoms with Crippen molar-refractivity contribution in [1.29, 1.82) is 5.26 Å². The highest BCUT2D eigenvalue weighted by molar-refractivity contribution is 7.89. The molecule has 0 unspecified atom stereocenters. The van der Waals surface area contributed by atoms with Crippen LogP contribution < -0.4 is 10.0 Å². The second kappa shape index (κ2) is 9.85. The van der Waals surface area contributed by atoms with Crippen LogP contribution in [0.25, 0.3) is 0 Å². The van der Waals surface area contributed by atoms with Crippen molar-refractivity contribution in [2.45, 2.75) is 11.3 Å². The van der Waals surface area contributed by atoms with Crippen molar-refractivity contribution in [3.8, 4) is 6.07 Å². The fourth-order valence-electron chi connectivity index (χ4n) is 2.03. The van der Waals surface area contributed by atoms with Crippen LogP contribution in [0.2, 0.25) is 5.02 Å². The number of esters is 1. The summed E-state index contributed by atoms with van der Waals surface area (Å²) < 4.78 is 31.2. The van der Waals surface area contributed by atoms with Crippen LogP contribution in [0.15, 0.2) is 53.4 Å². The Morgan fingerprint density at radius 3 is 2.32 bits per heavy atom. The van der Waals surface area contributed by atoms with E-state index < -0.39 is 28.5 Å². The van der Waals surface area contributed by atoms with Crippen molar-refractivity contribution in [3.05, 3.63) is 59.1 Å². The van der Waals surface area contributed by atoms with Crippen LogP contribution in [-0.2, 0) is 24.3 Å². The second-order valence-electron chi connectivity index (χ2n) is 5.50. The number of nitriles is 1. The Kier molecular flexibility index (Phi) is 7.52. The van der Waals surface area contributed by atoms with E-state index in [1.807, 2.05) is 6.07 Å². The lowest BCUT2D eigenvalue weighted by molar-refractivity contribution is -0.147. The van der Waals surface area contributed by atoms with Gasteiger partial charge in [-0.05, 0) is 48.5 Å². The summed E-state index contributed by atoms with van der Waals surface area (Å²) in [7, 11) is -3.77. The lowest BCUT2D eigenvalue weighted by Crippen LogP contribution is -2.27. The number of rotatable bonds is 8. The van der Waals surface area contributed by atoms with E-state index in [2.05, 4.69) is 10.0 Å². The van der Waals surface area contributed by atoms with Gasteiger partial charge in [-0.3, -0.25) is 9.59 Å². The molecule has 1 amide bonds. The molecule has 0 bridgehead atoms. The maximum absolute atomic E-state index is 12.0. The van der Waals surface area contributed by atoms with E-state index in [1.165, 1.54) is 36.4 Å². The van der Waals surface area contributed by atoms with Crippen molar-refractivity contribution >= 4 is 39.2 Å². The molecule has 0 aliphatic heterocycles. The normalized spacial score (nSPS) is 10.7. The molecule has 0 saturated heterocycles. The third kappa shape index (κ3) is 6.66. The first kappa shape index (κ1) is 21.4. The molecule has 2 rings (SSSR count). The van der Waals surface area contributed by atoms with Gasteiger partial charge in [-0.1, -0.05) is 11.6 Å². The Bertz CT molecular complexity index is 983. The fourth-order valence-corrected chi connectivity index (χ4v) is 3.19. The van der Waals surface area contributed by atoms with Gasteiger partial charge in [0.2, 0.25) is 10.0 Å². The Morgan fingerprint density at radius 1 is 1.07 bits per heavy atom. The molecule has 10 heteroatoms. The Labute approximate surface area is 167 Å². The number of hydrogen-bond donors (Lipinski definition) is 2. The Balaban J connectivity index is 1.72. The van der Waals surface area contributed by atoms with Gasteiger partial charge in [0.25, 0.3) is 5.91 Å². The molecular weight excluding hydrogens is 406 g/mol. The third-order valence-corrected chi connectivity index (χ3v) is 5.14. The highest BCUT2D eigenvalue weighted by atomic mass is 35.5. The van der Waals surface area contributed by atoms with E-state index in [-0.39, 0.29) is 17.9 Å². The largest absolute Gasteiger partial charge is 0.456 e. The molecule has 8 nitrogen and oxygen atoms in total. The first-order valence-corrected chi connectivity index (χ1v) is 9.87. The van der Waals surface area contributed by atoms with E-state index in [0.717, 1.165) is 0 Å². The predicted molar refractivity (Wildman–Crippen MR) is 102 cm³/mol. The molecule has 0 radical (unpaired) electrons. The van der Waals surface area contributed by atoms with Gasteiger partial charge >= 0.3 is 5.97 Å². The molecular formula is C18H16ClN3O5S. The average Bonchev–Trinajstić information content (AvgIpc) is 2.67. The van der Waals surface area contributed by atoms with Gasteiger partial charge < -0.3 is 10.1 Å². The standard InChI is InChI=1S/C18H16ClN3O5S/c19-14-3-7-16(8-4-14)28(25,26)21-10-9-18(24)27-12-17(23)22-15-5-1-13(11-20)2-6-15/h1-8,21H,9-10,12H2,(H,22,23). The molecule has 0 aliphatic carbocycles. The number of amides is 1. The summed E-state index contributed by atoms with van der Waals surface area (Å²) in [6.07, 6.45) is -0.239. The zero-order valence-corrected chi connectivity index (χ0v) is 16.1. The Hall–Kier alpha value is -2.93. The van der Waals surface area contributed by atoms with Crippen molar-refractivity contribution in [3.63, 3.8) is 0 Å². The van der Waals surface area contributed by atoms with Gasteiger partial charge in [0.1, 0.15) is 0 Å². The van der Waals surface area contributed by atoms with E-state index >= 15 is 0 Å². The zero-order chi connectivity index (χ0) is 20.6. The number of ether oxygens (including phenoxy) is 1. The summed E-state index contributed by atoms with van der Waals surface area (Å²) in [6.45, 7) is -0.691. The summed E-state index contributed by atoms with van der Waals surface area (Å²) >= 11 is 5.71. The topological polar surface area (TPSA) is 125 Å². The van der Waals surface area contributed by atoms with Gasteiger partial charge in [-0.25, -0.2) is 13.1 Å². The minimum Gasteiger partial charge on any atom is -0.456 e. The number of carbonyl (C=O) groups excluding carboxylic acids is 2. The van der Waals surface area contributed by atoms with Crippen LogP contribution in [0.1, 0.15) is 12.0 Å². The molecule has 2 N–H and O–H groups in total. The summed E-state index contributed by atoms with van der Waals surface area (Å²) in [5.41, 5.74) is 0.904. The van der Waals surface area contributed by atoms with Crippen LogP contribution in [0.5, 0.6) is 0 Å². The number of benzene rings is 2. The molecule has 0 atom stereocenters. The number of hydrogen-bond acceptors (Lipinski definition) is 6. The van der Waals surface area contributed by atoms with E-state index in [9.17, 15) is 18.0 Å². The predicted octanol–water partition coefficient (Wildman–Crippen LogP) is 2.06. The zero-order valence-electron chi connectivity index (χ0n) is 14.5. The summed E-state index contributed by atoms with van der Waals surface area (Å²) in [5.74, 6) is -1.28. The number of nitrogens with one attached hydrogen (secondary N) is 2. The minimum atomic E-state index is -3.77. The van der Waals surface area contributed by atoms with Crippen LogP contribution in [0.3, 0.4) is 0 Å². The number of halogens is 1. The third-order valence-electron chi connectivity index (χ3n) is 3.41. The lowest BCUT2D eigenvalue weighted by atomic mass is 10.2. The maximum atomic E-state index is 12.0. The SMILES string of the molecule is N#Cc1ccc(NC(=O)COC(=O)CCNS(=O)(=O)c2ccc(Cl)cc2)cc1. The van der Waals surface area contributed by atoms with E-state index in [1.54, 1.807) is 12.1 Å².